The average Bonchev–Trinajstić information content (AvgIpc) is 2.78. The van der Waals surface area contributed by atoms with E-state index in [9.17, 15) is 24.5 Å². The lowest BCUT2D eigenvalue weighted by Gasteiger charge is -2.30. The molecule has 1 fully saturated rings. The molecule has 31 heavy (non-hydrogen) atoms. The Balaban J connectivity index is 1.59. The molecule has 0 aliphatic carbocycles. The van der Waals surface area contributed by atoms with E-state index in [-0.39, 0.29) is 48.9 Å². The highest BCUT2D eigenvalue weighted by Crippen LogP contribution is 2.30. The molecule has 0 radical (unpaired) electrons. The van der Waals surface area contributed by atoms with Crippen LogP contribution in [0, 0.1) is 10.1 Å². The van der Waals surface area contributed by atoms with E-state index in [4.69, 9.17) is 9.47 Å². The fourth-order valence-electron chi connectivity index (χ4n) is 3.24. The molecule has 1 unspecified atom stereocenters. The van der Waals surface area contributed by atoms with Crippen molar-refractivity contribution in [3.63, 3.8) is 0 Å². The molecule has 0 spiro atoms. The summed E-state index contributed by atoms with van der Waals surface area (Å²) in [4.78, 5) is 49.1. The van der Waals surface area contributed by atoms with Gasteiger partial charge in [0.25, 0.3) is 5.91 Å². The molecule has 1 N–H and O–H groups in total. The number of ketones is 1. The zero-order valence-corrected chi connectivity index (χ0v) is 16.8. The maximum absolute atomic E-state index is 12.6. The fraction of sp³-hybridized carbons (Fsp3) is 0.286. The topological polar surface area (TPSA) is 128 Å². The number of nitrogens with one attached hydrogen (secondary N) is 1. The van der Waals surface area contributed by atoms with Gasteiger partial charge in [-0.15, -0.1) is 0 Å². The maximum Gasteiger partial charge on any atom is 0.410 e. The van der Waals surface area contributed by atoms with Crippen LogP contribution in [-0.4, -0.2) is 53.8 Å². The van der Waals surface area contributed by atoms with Gasteiger partial charge in [0.15, 0.2) is 5.78 Å². The molecule has 2 aromatic rings. The highest BCUT2D eigenvalue weighted by atomic mass is 16.6. The van der Waals surface area contributed by atoms with Gasteiger partial charge in [-0.25, -0.2) is 4.79 Å². The molecule has 0 aromatic heterocycles. The molecular weight excluding hydrogens is 406 g/mol. The van der Waals surface area contributed by atoms with E-state index in [0.29, 0.717) is 0 Å². The van der Waals surface area contributed by atoms with Crippen LogP contribution in [-0.2, 0) is 16.1 Å². The Morgan fingerprint density at radius 2 is 1.94 bits per heavy atom. The first kappa shape index (κ1) is 21.8. The van der Waals surface area contributed by atoms with Crippen LogP contribution in [0.3, 0.4) is 0 Å². The summed E-state index contributed by atoms with van der Waals surface area (Å²) < 4.78 is 10.3. The summed E-state index contributed by atoms with van der Waals surface area (Å²) in [5.74, 6) is -1.21. The second-order valence-corrected chi connectivity index (χ2v) is 6.86. The molecule has 1 aliphatic rings. The second kappa shape index (κ2) is 9.70. The Hall–Kier alpha value is -3.95. The number of nitro benzene ring substituents is 1. The third-order valence-corrected chi connectivity index (χ3v) is 4.83. The Morgan fingerprint density at radius 3 is 2.58 bits per heavy atom. The smallest absolute Gasteiger partial charge is 0.410 e. The number of nitrogens with zero attached hydrogens (tertiary/aromatic N) is 2. The minimum atomic E-state index is -0.824. The van der Waals surface area contributed by atoms with Crippen LogP contribution in [0.5, 0.6) is 5.75 Å². The third-order valence-electron chi connectivity index (χ3n) is 4.83. The van der Waals surface area contributed by atoms with Crippen molar-refractivity contribution < 1.29 is 28.8 Å². The molecule has 1 aliphatic heterocycles. The summed E-state index contributed by atoms with van der Waals surface area (Å²) >= 11 is 0. The summed E-state index contributed by atoms with van der Waals surface area (Å²) in [6, 6.07) is 12.3. The van der Waals surface area contributed by atoms with Crippen LogP contribution in [0.2, 0.25) is 0 Å². The van der Waals surface area contributed by atoms with Crippen molar-refractivity contribution in [2.24, 2.45) is 0 Å². The lowest BCUT2D eigenvalue weighted by atomic mass is 10.0. The van der Waals surface area contributed by atoms with Crippen LogP contribution < -0.4 is 10.1 Å². The molecule has 10 heteroatoms. The molecule has 2 amide bonds. The number of ether oxygens (including phenoxy) is 2. The zero-order chi connectivity index (χ0) is 22.4. The number of nitro groups is 1. The number of benzene rings is 2. The Morgan fingerprint density at radius 1 is 1.19 bits per heavy atom. The van der Waals surface area contributed by atoms with Gasteiger partial charge in [0, 0.05) is 12.6 Å². The van der Waals surface area contributed by atoms with Gasteiger partial charge < -0.3 is 19.7 Å². The predicted octanol–water partition coefficient (Wildman–Crippen LogP) is 2.31. The number of para-hydroxylation sites is 1. The van der Waals surface area contributed by atoms with Gasteiger partial charge in [-0.1, -0.05) is 36.4 Å². The van der Waals surface area contributed by atoms with Crippen LogP contribution >= 0.6 is 0 Å². The largest absolute Gasteiger partial charge is 0.490 e. The van der Waals surface area contributed by atoms with E-state index >= 15 is 0 Å². The van der Waals surface area contributed by atoms with Crippen molar-refractivity contribution in [3.8, 4) is 5.75 Å². The van der Waals surface area contributed by atoms with E-state index in [0.717, 1.165) is 5.56 Å². The van der Waals surface area contributed by atoms with Crippen LogP contribution in [0.15, 0.2) is 48.5 Å². The highest BCUT2D eigenvalue weighted by Gasteiger charge is 2.32. The average molecular weight is 427 g/mol. The lowest BCUT2D eigenvalue weighted by molar-refractivity contribution is -0.385. The van der Waals surface area contributed by atoms with Crippen LogP contribution in [0.25, 0.3) is 0 Å². The monoisotopic (exact) mass is 427 g/mol. The van der Waals surface area contributed by atoms with Crippen LogP contribution in [0.1, 0.15) is 22.3 Å². The molecule has 3 rings (SSSR count). The number of amides is 2. The number of piperidine rings is 1. The standard InChI is InChI=1S/C21H21N3O7/c1-30-19-15(8-5-9-17(19)24(28)29)20(26)22-16-10-11-23(12-18(16)25)21(27)31-13-14-6-3-2-4-7-14/h2-9,16H,10-13H2,1H3,(H,22,26). The third kappa shape index (κ3) is 5.16. The van der Waals surface area contributed by atoms with Crippen molar-refractivity contribution in [2.45, 2.75) is 19.1 Å². The van der Waals surface area contributed by atoms with Gasteiger partial charge in [-0.3, -0.25) is 19.7 Å². The van der Waals surface area contributed by atoms with Gasteiger partial charge >= 0.3 is 11.8 Å². The normalized spacial score (nSPS) is 15.8. The zero-order valence-electron chi connectivity index (χ0n) is 16.8. The SMILES string of the molecule is COc1c(C(=O)NC2CCN(C(=O)OCc3ccccc3)CC2=O)cccc1[N+](=O)[O-]. The minimum absolute atomic E-state index is 0.0470. The first-order valence-electron chi connectivity index (χ1n) is 9.51. The summed E-state index contributed by atoms with van der Waals surface area (Å²) in [6.07, 6.45) is -0.412. The summed E-state index contributed by atoms with van der Waals surface area (Å²) in [7, 11) is 1.23. The van der Waals surface area contributed by atoms with E-state index in [1.54, 1.807) is 0 Å². The number of methoxy groups -OCH3 is 1. The summed E-state index contributed by atoms with van der Waals surface area (Å²) in [5, 5.41) is 13.7. The number of hydrogen-bond donors (Lipinski definition) is 1. The molecule has 162 valence electrons. The number of Topliss-reactive ketones (excluding diaryl/α,β-unsaturated/α-hetero) is 1. The van der Waals surface area contributed by atoms with Gasteiger partial charge in [-0.05, 0) is 18.1 Å². The van der Waals surface area contributed by atoms with Gasteiger partial charge in [-0.2, -0.15) is 0 Å². The van der Waals surface area contributed by atoms with Gasteiger partial charge in [0.2, 0.25) is 5.75 Å². The van der Waals surface area contributed by atoms with Crippen molar-refractivity contribution in [3.05, 3.63) is 69.8 Å². The Labute approximate surface area is 177 Å². The molecule has 1 saturated heterocycles. The number of carbonyl (C=O) groups excluding carboxylic acids is 3. The molecule has 2 aromatic carbocycles. The number of carbonyl (C=O) groups is 3. The molecule has 1 heterocycles. The van der Waals surface area contributed by atoms with E-state index in [1.807, 2.05) is 30.3 Å². The van der Waals surface area contributed by atoms with Crippen molar-refractivity contribution in [1.29, 1.82) is 0 Å². The van der Waals surface area contributed by atoms with Gasteiger partial charge in [0.05, 0.1) is 30.2 Å². The van der Waals surface area contributed by atoms with Crippen molar-refractivity contribution >= 4 is 23.5 Å². The summed E-state index contributed by atoms with van der Waals surface area (Å²) in [6.45, 7) is 0.109. The quantitative estimate of drug-likeness (QED) is 0.553. The predicted molar refractivity (Wildman–Crippen MR) is 109 cm³/mol. The Bertz CT molecular complexity index is 994. The summed E-state index contributed by atoms with van der Waals surface area (Å²) in [5.41, 5.74) is 0.432. The molecule has 0 bridgehead atoms. The lowest BCUT2D eigenvalue weighted by Crippen LogP contribution is -2.53. The molecule has 10 nitrogen and oxygen atoms in total. The van der Waals surface area contributed by atoms with E-state index in [1.165, 1.54) is 30.2 Å². The van der Waals surface area contributed by atoms with E-state index < -0.39 is 23.0 Å². The van der Waals surface area contributed by atoms with Crippen LogP contribution in [0.4, 0.5) is 10.5 Å². The van der Waals surface area contributed by atoms with E-state index in [2.05, 4.69) is 5.32 Å². The maximum atomic E-state index is 12.6. The minimum Gasteiger partial charge on any atom is -0.490 e. The Kier molecular flexibility index (Phi) is 6.81. The highest BCUT2D eigenvalue weighted by molar-refractivity contribution is 6.01. The number of rotatable bonds is 6. The molecular formula is C21H21N3O7. The molecule has 0 saturated carbocycles. The van der Waals surface area contributed by atoms with Crippen molar-refractivity contribution in [2.75, 3.05) is 20.2 Å². The first-order valence-corrected chi connectivity index (χ1v) is 9.51. The van der Waals surface area contributed by atoms with Crippen molar-refractivity contribution in [1.82, 2.24) is 10.2 Å². The molecule has 1 atom stereocenters. The number of likely N-dealkylation sites (tertiary alicyclic amines) is 1. The van der Waals surface area contributed by atoms with Gasteiger partial charge in [0.1, 0.15) is 6.61 Å². The second-order valence-electron chi connectivity index (χ2n) is 6.86. The first-order chi connectivity index (χ1) is 14.9. The number of hydrogen-bond acceptors (Lipinski definition) is 7. The fourth-order valence-corrected chi connectivity index (χ4v) is 3.24.